The van der Waals surface area contributed by atoms with Crippen LogP contribution in [0.3, 0.4) is 0 Å². The van der Waals surface area contributed by atoms with Crippen LogP contribution in [-0.2, 0) is 30.3 Å². The summed E-state index contributed by atoms with van der Waals surface area (Å²) < 4.78 is 17.5. The van der Waals surface area contributed by atoms with Crippen molar-refractivity contribution in [2.45, 2.75) is 114 Å². The molecule has 2 aromatic rings. The Bertz CT molecular complexity index is 1890. The molecule has 1 heterocycles. The molecule has 0 spiro atoms. The van der Waals surface area contributed by atoms with Gasteiger partial charge >= 0.3 is 0 Å². The molecule has 290 valence electrons. The second-order valence-electron chi connectivity index (χ2n) is 14.0. The maximum atomic E-state index is 13.9. The number of fused-ring (bicyclic) bond motifs is 3. The fourth-order valence-electron chi connectivity index (χ4n) is 7.38. The first-order chi connectivity index (χ1) is 25.6. The minimum absolute atomic E-state index is 0.0609. The Kier molecular flexibility index (Phi) is 12.4. The molecule has 7 atom stereocenters. The van der Waals surface area contributed by atoms with Crippen LogP contribution in [-0.4, -0.2) is 99.3 Å². The van der Waals surface area contributed by atoms with Crippen LogP contribution in [0.25, 0.3) is 10.4 Å². The molecule has 2 aliphatic carbocycles. The van der Waals surface area contributed by atoms with Gasteiger partial charge in [-0.05, 0) is 44.7 Å². The molecule has 54 heavy (non-hydrogen) atoms. The zero-order valence-electron chi connectivity index (χ0n) is 30.2. The van der Waals surface area contributed by atoms with Gasteiger partial charge in [0.05, 0.1) is 48.1 Å². The van der Waals surface area contributed by atoms with E-state index in [4.69, 9.17) is 25.5 Å². The van der Waals surface area contributed by atoms with Crippen LogP contribution in [0.5, 0.6) is 17.2 Å². The molecule has 3 aliphatic rings. The Balaban J connectivity index is 1.35. The van der Waals surface area contributed by atoms with Crippen LogP contribution in [0.2, 0.25) is 0 Å². The first-order valence-electron chi connectivity index (χ1n) is 17.8. The van der Waals surface area contributed by atoms with Crippen molar-refractivity contribution in [3.05, 3.63) is 62.0 Å². The molecular formula is C37H45N5O12. The number of phenolic OH excluding ortho intramolecular Hbond substituents is 2. The summed E-state index contributed by atoms with van der Waals surface area (Å²) in [4.78, 5) is 68.5. The number of aliphatic hydroxyl groups excluding tert-OH is 1. The molecular weight excluding hydrogens is 706 g/mol. The number of carbonyl (C=O) groups excluding carboxylic acids is 5. The van der Waals surface area contributed by atoms with Crippen LogP contribution in [0, 0.1) is 0 Å². The van der Waals surface area contributed by atoms with Crippen molar-refractivity contribution >= 4 is 29.0 Å². The van der Waals surface area contributed by atoms with E-state index in [9.17, 15) is 44.4 Å². The average molecular weight is 752 g/mol. The number of phenols is 2. The summed E-state index contributed by atoms with van der Waals surface area (Å²) in [6, 6.07) is 2.56. The number of ether oxygens (including phenoxy) is 3. The van der Waals surface area contributed by atoms with E-state index >= 15 is 0 Å². The Morgan fingerprint density at radius 1 is 1.11 bits per heavy atom. The summed E-state index contributed by atoms with van der Waals surface area (Å²) >= 11 is 0. The Hall–Kier alpha value is -4.90. The number of nitrogens with zero attached hydrogens (tertiary/aromatic N) is 3. The summed E-state index contributed by atoms with van der Waals surface area (Å²) in [5, 5.41) is 51.9. The monoisotopic (exact) mass is 751 g/mol. The topological polar surface area (TPSA) is 281 Å². The number of hydrogen-bond acceptors (Lipinski definition) is 14. The van der Waals surface area contributed by atoms with Gasteiger partial charge in [0.15, 0.2) is 17.9 Å². The molecule has 0 bridgehead atoms. The molecule has 1 saturated heterocycles. The Labute approximate surface area is 310 Å². The average Bonchev–Trinajstić information content (AvgIpc) is 3.13. The fraction of sp³-hybridized carbons (Fsp3) is 0.541. The molecule has 1 amide bonds. The highest BCUT2D eigenvalue weighted by molar-refractivity contribution is 6.31. The third-order valence-corrected chi connectivity index (χ3v) is 10.4. The van der Waals surface area contributed by atoms with Gasteiger partial charge in [-0.2, -0.15) is 0 Å². The van der Waals surface area contributed by atoms with Crippen molar-refractivity contribution in [1.82, 2.24) is 5.32 Å². The fourth-order valence-corrected chi connectivity index (χ4v) is 7.38. The van der Waals surface area contributed by atoms with Crippen molar-refractivity contribution in [1.29, 1.82) is 0 Å². The van der Waals surface area contributed by atoms with E-state index in [0.717, 1.165) is 6.92 Å². The number of nitrogens with one attached hydrogen (secondary N) is 1. The molecule has 0 saturated carbocycles. The van der Waals surface area contributed by atoms with Gasteiger partial charge in [0.1, 0.15) is 34.7 Å². The summed E-state index contributed by atoms with van der Waals surface area (Å²) in [5.41, 5.74) is 10.8. The highest BCUT2D eigenvalue weighted by Gasteiger charge is 2.49. The number of aromatic hydroxyl groups is 2. The maximum Gasteiger partial charge on any atom is 0.220 e. The van der Waals surface area contributed by atoms with Gasteiger partial charge in [-0.15, -0.1) is 0 Å². The van der Waals surface area contributed by atoms with Gasteiger partial charge in [0.25, 0.3) is 0 Å². The molecule has 7 N–H and O–H groups in total. The molecule has 2 aromatic carbocycles. The number of methoxy groups -OCH3 is 1. The number of aliphatic hydroxyl groups is 2. The Morgan fingerprint density at radius 3 is 2.52 bits per heavy atom. The van der Waals surface area contributed by atoms with E-state index < -0.39 is 101 Å². The standard InChI is InChI=1S/C37H45N5O12/c1-17-32(46)22(41-26(45)12-11-21(38)23(44)9-5-4-6-13-40-42-39)14-27(53-17)54-25-16-37(51,18(2)43)15-20-29(25)36(50)31-30(34(20)48)33(47)19-8-7-10-24(52-3)28(19)35(31)49/h7-8,10,17,21-22,25,27,32,46,48,50-51H,4-6,9,11-16,38H2,1-3H3,(H,41,45)/t17-,21-,22-,25-,27-,32+,37-/m0/s1. The minimum atomic E-state index is -2.12. The summed E-state index contributed by atoms with van der Waals surface area (Å²) in [6.45, 7) is 3.02. The molecule has 0 unspecified atom stereocenters. The quantitative estimate of drug-likeness (QED) is 0.0429. The van der Waals surface area contributed by atoms with Gasteiger partial charge < -0.3 is 45.7 Å². The van der Waals surface area contributed by atoms with Crippen LogP contribution >= 0.6 is 0 Å². The third-order valence-electron chi connectivity index (χ3n) is 10.4. The number of unbranched alkanes of at least 4 members (excludes halogenated alkanes) is 2. The van der Waals surface area contributed by atoms with Crippen molar-refractivity contribution in [3.8, 4) is 17.2 Å². The normalized spacial score (nSPS) is 25.0. The lowest BCUT2D eigenvalue weighted by Crippen LogP contribution is -2.55. The molecule has 17 nitrogen and oxygen atoms in total. The van der Waals surface area contributed by atoms with E-state index in [1.165, 1.54) is 32.2 Å². The van der Waals surface area contributed by atoms with E-state index in [-0.39, 0.29) is 59.5 Å². The molecule has 0 radical (unpaired) electrons. The highest BCUT2D eigenvalue weighted by atomic mass is 16.7. The zero-order valence-corrected chi connectivity index (χ0v) is 30.2. The van der Waals surface area contributed by atoms with Gasteiger partial charge in [-0.1, -0.05) is 23.7 Å². The largest absolute Gasteiger partial charge is 0.507 e. The molecule has 1 fully saturated rings. The van der Waals surface area contributed by atoms with Crippen LogP contribution in [0.1, 0.15) is 114 Å². The van der Waals surface area contributed by atoms with E-state index in [0.29, 0.717) is 25.8 Å². The highest BCUT2D eigenvalue weighted by Crippen LogP contribution is 2.52. The van der Waals surface area contributed by atoms with E-state index in [1.54, 1.807) is 0 Å². The van der Waals surface area contributed by atoms with Gasteiger partial charge in [-0.3, -0.25) is 24.0 Å². The number of ketones is 4. The second kappa shape index (κ2) is 16.6. The molecule has 0 aromatic heterocycles. The number of nitrogens with two attached hydrogens (primary N) is 1. The van der Waals surface area contributed by atoms with Crippen LogP contribution in [0.15, 0.2) is 23.3 Å². The number of amides is 1. The lowest BCUT2D eigenvalue weighted by Gasteiger charge is -2.42. The third kappa shape index (κ3) is 7.97. The predicted octanol–water partition coefficient (Wildman–Crippen LogP) is 2.73. The van der Waals surface area contributed by atoms with Crippen molar-refractivity contribution in [2.75, 3.05) is 13.7 Å². The number of carbonyl (C=O) groups is 5. The number of rotatable bonds is 15. The Morgan fingerprint density at radius 2 is 1.83 bits per heavy atom. The van der Waals surface area contributed by atoms with E-state index in [2.05, 4.69) is 15.3 Å². The summed E-state index contributed by atoms with van der Waals surface area (Å²) in [5.74, 6) is -4.26. The number of hydrogen-bond donors (Lipinski definition) is 6. The maximum absolute atomic E-state index is 13.9. The van der Waals surface area contributed by atoms with Gasteiger partial charge in [-0.25, -0.2) is 0 Å². The summed E-state index contributed by atoms with van der Waals surface area (Å²) in [6.07, 6.45) is -3.69. The number of Topliss-reactive ketones (excluding diaryl/α,β-unsaturated/α-hetero) is 2. The lowest BCUT2D eigenvalue weighted by molar-refractivity contribution is -0.249. The van der Waals surface area contributed by atoms with Crippen molar-refractivity contribution in [3.63, 3.8) is 0 Å². The zero-order chi connectivity index (χ0) is 39.5. The first kappa shape index (κ1) is 40.3. The summed E-state index contributed by atoms with van der Waals surface area (Å²) in [7, 11) is 1.31. The number of azide groups is 1. The van der Waals surface area contributed by atoms with Crippen molar-refractivity contribution in [2.24, 2.45) is 10.8 Å². The van der Waals surface area contributed by atoms with E-state index in [1.807, 2.05) is 0 Å². The first-order valence-corrected chi connectivity index (χ1v) is 17.8. The SMILES string of the molecule is COc1cccc2c1C(=O)c1c(O)c3c(c(O)c1C2=O)C[C@@](O)(C(C)=O)C[C@@H]3O[C@H]1C[C@H](NC(=O)CC[C@H](N)C(=O)CCCCCN=[N+]=[N-])[C@H](O)[C@H](C)O1. The lowest BCUT2D eigenvalue weighted by atomic mass is 9.72. The van der Waals surface area contributed by atoms with Crippen LogP contribution in [0.4, 0.5) is 0 Å². The minimum Gasteiger partial charge on any atom is -0.507 e. The molecule has 17 heteroatoms. The van der Waals surface area contributed by atoms with Crippen LogP contribution < -0.4 is 15.8 Å². The molecule has 1 aliphatic heterocycles. The van der Waals surface area contributed by atoms with Crippen molar-refractivity contribution < 1.29 is 58.6 Å². The molecule has 5 rings (SSSR count). The van der Waals surface area contributed by atoms with Gasteiger partial charge in [0.2, 0.25) is 11.7 Å². The smallest absolute Gasteiger partial charge is 0.220 e. The van der Waals surface area contributed by atoms with Gasteiger partial charge in [0, 0.05) is 60.3 Å². The number of benzene rings is 2. The predicted molar refractivity (Wildman–Crippen MR) is 189 cm³/mol. The second-order valence-corrected chi connectivity index (χ2v) is 14.0.